The molecule has 0 atom stereocenters. The minimum atomic E-state index is 1.00. The molecule has 0 aliphatic carbocycles. The summed E-state index contributed by atoms with van der Waals surface area (Å²) in [5.41, 5.74) is 4.69. The first kappa shape index (κ1) is 14.4. The minimum absolute atomic E-state index is 1.00. The van der Waals surface area contributed by atoms with Crippen molar-refractivity contribution in [3.63, 3.8) is 0 Å². The zero-order valence-corrected chi connectivity index (χ0v) is 14.3. The Balaban J connectivity index is 2.22. The van der Waals surface area contributed by atoms with Gasteiger partial charge < -0.3 is 0 Å². The molecule has 0 fully saturated rings. The number of rotatable bonds is 3. The number of aromatic nitrogens is 2. The van der Waals surface area contributed by atoms with Crippen molar-refractivity contribution >= 4 is 27.7 Å². The van der Waals surface area contributed by atoms with Gasteiger partial charge in [0.15, 0.2) is 5.16 Å². The molecule has 3 aromatic rings. The summed E-state index contributed by atoms with van der Waals surface area (Å²) in [4.78, 5) is 4.57. The van der Waals surface area contributed by atoms with Crippen molar-refractivity contribution in [2.24, 2.45) is 0 Å². The van der Waals surface area contributed by atoms with Crippen LogP contribution in [0.5, 0.6) is 0 Å². The van der Waals surface area contributed by atoms with Gasteiger partial charge in [-0.2, -0.15) is 0 Å². The Labute approximate surface area is 137 Å². The summed E-state index contributed by atoms with van der Waals surface area (Å²) in [6.45, 7) is 2.13. The summed E-state index contributed by atoms with van der Waals surface area (Å²) in [7, 11) is 0. The molecule has 0 unspecified atom stereocenters. The zero-order valence-electron chi connectivity index (χ0n) is 11.9. The Morgan fingerprint density at radius 1 is 1.05 bits per heavy atom. The maximum atomic E-state index is 4.57. The highest BCUT2D eigenvalue weighted by Gasteiger charge is 2.14. The van der Waals surface area contributed by atoms with Gasteiger partial charge in [0.1, 0.15) is 0 Å². The number of nitrogens with zero attached hydrogens (tertiary/aromatic N) is 2. The highest BCUT2D eigenvalue weighted by molar-refractivity contribution is 9.10. The molecule has 0 spiro atoms. The van der Waals surface area contributed by atoms with Crippen LogP contribution in [0, 0.1) is 6.92 Å². The van der Waals surface area contributed by atoms with Crippen LogP contribution in [0.15, 0.2) is 64.4 Å². The van der Waals surface area contributed by atoms with Gasteiger partial charge in [-0.1, -0.05) is 58.0 Å². The smallest absolute Gasteiger partial charge is 0.172 e. The molecule has 0 amide bonds. The number of hydrogen-bond acceptors (Lipinski definition) is 2. The van der Waals surface area contributed by atoms with E-state index in [4.69, 9.17) is 0 Å². The van der Waals surface area contributed by atoms with E-state index in [1.807, 2.05) is 6.20 Å². The second-order valence-electron chi connectivity index (χ2n) is 4.76. The normalized spacial score (nSPS) is 10.8. The molecule has 0 bridgehead atoms. The van der Waals surface area contributed by atoms with E-state index < -0.39 is 0 Å². The van der Waals surface area contributed by atoms with Crippen molar-refractivity contribution in [1.29, 1.82) is 0 Å². The van der Waals surface area contributed by atoms with Gasteiger partial charge in [-0.15, -0.1) is 0 Å². The Hall–Kier alpha value is -1.52. The van der Waals surface area contributed by atoms with Gasteiger partial charge >= 0.3 is 0 Å². The highest BCUT2D eigenvalue weighted by Crippen LogP contribution is 2.30. The zero-order chi connectivity index (χ0) is 14.8. The lowest BCUT2D eigenvalue weighted by atomic mass is 10.1. The molecule has 0 aliphatic rings. The summed E-state index contributed by atoms with van der Waals surface area (Å²) in [6, 6.07) is 16.7. The third kappa shape index (κ3) is 2.78. The summed E-state index contributed by atoms with van der Waals surface area (Å²) in [5.74, 6) is 0. The van der Waals surface area contributed by atoms with Gasteiger partial charge in [0, 0.05) is 10.0 Å². The molecule has 0 N–H and O–H groups in total. The monoisotopic (exact) mass is 358 g/mol. The van der Waals surface area contributed by atoms with Gasteiger partial charge in [-0.25, -0.2) is 4.98 Å². The summed E-state index contributed by atoms with van der Waals surface area (Å²) in [6.07, 6.45) is 4.00. The van der Waals surface area contributed by atoms with E-state index in [1.54, 1.807) is 11.8 Å². The van der Waals surface area contributed by atoms with Gasteiger partial charge in [0.05, 0.1) is 17.6 Å². The van der Waals surface area contributed by atoms with Crippen molar-refractivity contribution in [2.45, 2.75) is 12.1 Å². The van der Waals surface area contributed by atoms with Crippen LogP contribution in [-0.2, 0) is 0 Å². The predicted molar refractivity (Wildman–Crippen MR) is 93.2 cm³/mol. The fourth-order valence-electron chi connectivity index (χ4n) is 2.35. The Kier molecular flexibility index (Phi) is 4.17. The van der Waals surface area contributed by atoms with Gasteiger partial charge in [0.25, 0.3) is 0 Å². The highest BCUT2D eigenvalue weighted by atomic mass is 79.9. The third-order valence-corrected chi connectivity index (χ3v) is 4.59. The predicted octanol–water partition coefficient (Wildman–Crippen LogP) is 5.33. The number of para-hydroxylation sites is 1. The summed E-state index contributed by atoms with van der Waals surface area (Å²) in [5, 5.41) is 1.00. The molecule has 106 valence electrons. The van der Waals surface area contributed by atoms with Crippen LogP contribution in [-0.4, -0.2) is 15.8 Å². The molecular weight excluding hydrogens is 344 g/mol. The molecule has 0 saturated carbocycles. The lowest BCUT2D eigenvalue weighted by Gasteiger charge is -2.13. The molecular formula is C17H15BrN2S. The van der Waals surface area contributed by atoms with Crippen LogP contribution in [0.2, 0.25) is 0 Å². The number of imidazole rings is 1. The number of halogens is 1. The number of thioether (sulfide) groups is 1. The van der Waals surface area contributed by atoms with Crippen molar-refractivity contribution in [1.82, 2.24) is 9.55 Å². The first-order chi connectivity index (χ1) is 10.2. The van der Waals surface area contributed by atoms with E-state index in [2.05, 4.69) is 87.2 Å². The van der Waals surface area contributed by atoms with Crippen LogP contribution in [0.1, 0.15) is 5.56 Å². The molecule has 1 heterocycles. The molecule has 0 radical (unpaired) electrons. The molecule has 0 aliphatic heterocycles. The molecule has 1 aromatic heterocycles. The molecule has 2 nitrogen and oxygen atoms in total. The average Bonchev–Trinajstić information content (AvgIpc) is 2.92. The molecule has 21 heavy (non-hydrogen) atoms. The van der Waals surface area contributed by atoms with Crippen LogP contribution in [0.3, 0.4) is 0 Å². The van der Waals surface area contributed by atoms with Crippen LogP contribution in [0.25, 0.3) is 16.9 Å². The van der Waals surface area contributed by atoms with Crippen LogP contribution >= 0.6 is 27.7 Å². The van der Waals surface area contributed by atoms with E-state index in [-0.39, 0.29) is 0 Å². The van der Waals surface area contributed by atoms with Crippen LogP contribution < -0.4 is 0 Å². The SMILES string of the molecule is CSc1ncc(-c2ccc(Br)cc2)n1-c1ccccc1C. The second-order valence-corrected chi connectivity index (χ2v) is 6.45. The molecule has 4 heteroatoms. The lowest BCUT2D eigenvalue weighted by molar-refractivity contribution is 0.895. The molecule has 3 rings (SSSR count). The number of aryl methyl sites for hydroxylation is 1. The standard InChI is InChI=1S/C17H15BrN2S/c1-12-5-3-4-6-15(12)20-16(11-19-17(20)21-2)13-7-9-14(18)10-8-13/h3-11H,1-2H3. The van der Waals surface area contributed by atoms with E-state index in [1.165, 1.54) is 11.3 Å². The summed E-state index contributed by atoms with van der Waals surface area (Å²) < 4.78 is 3.31. The van der Waals surface area contributed by atoms with Crippen molar-refractivity contribution in [2.75, 3.05) is 6.26 Å². The quantitative estimate of drug-likeness (QED) is 0.588. The Morgan fingerprint density at radius 3 is 2.43 bits per heavy atom. The Bertz CT molecular complexity index is 763. The minimum Gasteiger partial charge on any atom is -0.287 e. The number of benzene rings is 2. The van der Waals surface area contributed by atoms with Crippen LogP contribution in [0.4, 0.5) is 0 Å². The van der Waals surface area contributed by atoms with E-state index in [0.29, 0.717) is 0 Å². The summed E-state index contributed by atoms with van der Waals surface area (Å²) >= 11 is 5.15. The first-order valence-corrected chi connectivity index (χ1v) is 8.66. The fourth-order valence-corrected chi connectivity index (χ4v) is 3.15. The maximum Gasteiger partial charge on any atom is 0.172 e. The van der Waals surface area contributed by atoms with Crippen molar-refractivity contribution in [3.05, 3.63) is 64.8 Å². The number of hydrogen-bond donors (Lipinski definition) is 0. The molecule has 2 aromatic carbocycles. The lowest BCUT2D eigenvalue weighted by Crippen LogP contribution is -2.00. The first-order valence-electron chi connectivity index (χ1n) is 6.64. The van der Waals surface area contributed by atoms with E-state index in [9.17, 15) is 0 Å². The Morgan fingerprint density at radius 2 is 1.76 bits per heavy atom. The van der Waals surface area contributed by atoms with Crippen molar-refractivity contribution in [3.8, 4) is 16.9 Å². The van der Waals surface area contributed by atoms with Gasteiger partial charge in [-0.3, -0.25) is 4.57 Å². The average molecular weight is 359 g/mol. The van der Waals surface area contributed by atoms with Gasteiger partial charge in [0.2, 0.25) is 0 Å². The maximum absolute atomic E-state index is 4.57. The third-order valence-electron chi connectivity index (χ3n) is 3.41. The van der Waals surface area contributed by atoms with E-state index >= 15 is 0 Å². The molecule has 0 saturated heterocycles. The largest absolute Gasteiger partial charge is 0.287 e. The van der Waals surface area contributed by atoms with Gasteiger partial charge in [-0.05, 0) is 36.9 Å². The second kappa shape index (κ2) is 6.08. The van der Waals surface area contributed by atoms with E-state index in [0.717, 1.165) is 20.9 Å². The fraction of sp³-hybridized carbons (Fsp3) is 0.118. The topological polar surface area (TPSA) is 17.8 Å². The van der Waals surface area contributed by atoms with Crippen molar-refractivity contribution < 1.29 is 0 Å².